The summed E-state index contributed by atoms with van der Waals surface area (Å²) in [5, 5.41) is 5.90. The maximum atomic E-state index is 6.13. The Labute approximate surface area is 173 Å². The number of hydrogen-bond acceptors (Lipinski definition) is 4. The van der Waals surface area contributed by atoms with Crippen LogP contribution in [0, 0.1) is 4.77 Å². The van der Waals surface area contributed by atoms with Crippen LogP contribution in [0.15, 0.2) is 48.5 Å². The molecule has 5 nitrogen and oxygen atoms in total. The smallest absolute Gasteiger partial charge is 0.198 e. The predicted molar refractivity (Wildman–Crippen MR) is 111 cm³/mol. The van der Waals surface area contributed by atoms with Crippen molar-refractivity contribution in [3.63, 3.8) is 0 Å². The van der Waals surface area contributed by atoms with Crippen molar-refractivity contribution < 1.29 is 4.74 Å². The lowest BCUT2D eigenvalue weighted by Gasteiger charge is -2.16. The minimum absolute atomic E-state index is 0.289. The molecule has 0 unspecified atom stereocenters. The van der Waals surface area contributed by atoms with Crippen LogP contribution in [-0.4, -0.2) is 26.3 Å². The highest BCUT2D eigenvalue weighted by atomic mass is 35.5. The van der Waals surface area contributed by atoms with Gasteiger partial charge in [0.05, 0.1) is 11.7 Å². The zero-order valence-corrected chi connectivity index (χ0v) is 17.4. The number of ether oxygens (including phenoxy) is 1. The van der Waals surface area contributed by atoms with Crippen LogP contribution in [-0.2, 0) is 26.9 Å². The summed E-state index contributed by atoms with van der Waals surface area (Å²) in [7, 11) is 3.90. The highest BCUT2D eigenvalue weighted by Crippen LogP contribution is 2.23. The molecular weight excluding hydrogens is 403 g/mol. The first-order valence-corrected chi connectivity index (χ1v) is 9.53. The predicted octanol–water partition coefficient (Wildman–Crippen LogP) is 4.93. The normalized spacial score (nSPS) is 11.1. The quantitative estimate of drug-likeness (QED) is 0.505. The molecule has 0 aliphatic rings. The maximum absolute atomic E-state index is 6.13. The molecule has 0 aliphatic carbocycles. The number of hydrogen-bond donors (Lipinski definition) is 0. The van der Waals surface area contributed by atoms with Crippen LogP contribution in [0.5, 0.6) is 5.75 Å². The van der Waals surface area contributed by atoms with E-state index in [1.165, 1.54) is 5.56 Å². The average molecular weight is 423 g/mol. The van der Waals surface area contributed by atoms with Crippen molar-refractivity contribution in [3.05, 3.63) is 74.7 Å². The highest BCUT2D eigenvalue weighted by Gasteiger charge is 2.11. The molecule has 0 amide bonds. The third kappa shape index (κ3) is 5.11. The van der Waals surface area contributed by atoms with Crippen molar-refractivity contribution in [2.24, 2.45) is 7.05 Å². The molecule has 0 saturated heterocycles. The summed E-state index contributed by atoms with van der Waals surface area (Å²) in [4.78, 5) is 2.13. The molecule has 0 radical (unpaired) electrons. The van der Waals surface area contributed by atoms with E-state index in [1.807, 2.05) is 61.1 Å². The van der Waals surface area contributed by atoms with Crippen molar-refractivity contribution in [3.8, 4) is 5.75 Å². The standard InChI is InChI=1S/C19H20Cl2N4OS/c1-23(11-14-7-9-15(20)10-8-14)13-25-19(27)24(2)18(22-25)12-26-17-6-4-3-5-16(17)21/h3-10H,11-13H2,1-2H3. The van der Waals surface area contributed by atoms with Crippen LogP contribution < -0.4 is 4.74 Å². The molecule has 1 aromatic heterocycles. The molecule has 0 aliphatic heterocycles. The molecule has 0 spiro atoms. The number of halogens is 2. The fraction of sp³-hybridized carbons (Fsp3) is 0.263. The Kier molecular flexibility index (Phi) is 6.55. The molecule has 3 rings (SSSR count). The van der Waals surface area contributed by atoms with Crippen LogP contribution in [0.3, 0.4) is 0 Å². The van der Waals surface area contributed by atoms with Gasteiger partial charge in [-0.25, -0.2) is 4.68 Å². The average Bonchev–Trinajstić information content (AvgIpc) is 2.91. The van der Waals surface area contributed by atoms with Gasteiger partial charge in [0.25, 0.3) is 0 Å². The van der Waals surface area contributed by atoms with Crippen LogP contribution in [0.1, 0.15) is 11.4 Å². The summed E-state index contributed by atoms with van der Waals surface area (Å²) in [5.74, 6) is 1.36. The number of para-hydroxylation sites is 1. The molecule has 142 valence electrons. The molecule has 2 aromatic carbocycles. The fourth-order valence-electron chi connectivity index (χ4n) is 2.63. The van der Waals surface area contributed by atoms with E-state index >= 15 is 0 Å². The summed E-state index contributed by atoms with van der Waals surface area (Å²) in [6.45, 7) is 1.63. The monoisotopic (exact) mass is 422 g/mol. The Hall–Kier alpha value is -1.86. The van der Waals surface area contributed by atoms with E-state index in [9.17, 15) is 0 Å². The van der Waals surface area contributed by atoms with Gasteiger partial charge in [0.15, 0.2) is 10.6 Å². The van der Waals surface area contributed by atoms with E-state index in [0.717, 1.165) is 17.4 Å². The Morgan fingerprint density at radius 3 is 2.52 bits per heavy atom. The molecule has 0 atom stereocenters. The minimum Gasteiger partial charge on any atom is -0.484 e. The van der Waals surface area contributed by atoms with E-state index < -0.39 is 0 Å². The lowest BCUT2D eigenvalue weighted by atomic mass is 10.2. The summed E-state index contributed by atoms with van der Waals surface area (Å²) < 4.78 is 10.1. The van der Waals surface area contributed by atoms with E-state index in [1.54, 1.807) is 10.7 Å². The molecule has 0 bridgehead atoms. The number of rotatable bonds is 7. The van der Waals surface area contributed by atoms with Gasteiger partial charge < -0.3 is 9.30 Å². The minimum atomic E-state index is 0.289. The third-order valence-electron chi connectivity index (χ3n) is 4.07. The van der Waals surface area contributed by atoms with Crippen molar-refractivity contribution >= 4 is 35.4 Å². The van der Waals surface area contributed by atoms with Gasteiger partial charge in [-0.05, 0) is 49.1 Å². The summed E-state index contributed by atoms with van der Waals surface area (Å²) in [6, 6.07) is 15.2. The number of benzene rings is 2. The van der Waals surface area contributed by atoms with Gasteiger partial charge in [-0.1, -0.05) is 47.5 Å². The van der Waals surface area contributed by atoms with E-state index in [2.05, 4.69) is 10.00 Å². The second-order valence-electron chi connectivity index (χ2n) is 6.26. The van der Waals surface area contributed by atoms with Gasteiger partial charge in [0, 0.05) is 18.6 Å². The second-order valence-corrected chi connectivity index (χ2v) is 7.47. The molecule has 8 heteroatoms. The second kappa shape index (κ2) is 8.89. The fourth-order valence-corrected chi connectivity index (χ4v) is 3.16. The Bertz CT molecular complexity index is 969. The van der Waals surface area contributed by atoms with Gasteiger partial charge in [-0.3, -0.25) is 4.90 Å². The molecule has 0 saturated carbocycles. The van der Waals surface area contributed by atoms with Crippen molar-refractivity contribution in [1.82, 2.24) is 19.2 Å². The highest BCUT2D eigenvalue weighted by molar-refractivity contribution is 7.71. The molecule has 1 heterocycles. The number of aromatic nitrogens is 3. The van der Waals surface area contributed by atoms with Gasteiger partial charge in [0.2, 0.25) is 0 Å². The zero-order valence-electron chi connectivity index (χ0n) is 15.1. The maximum Gasteiger partial charge on any atom is 0.198 e. The Morgan fingerprint density at radius 2 is 1.81 bits per heavy atom. The molecular formula is C19H20Cl2N4OS. The molecule has 3 aromatic rings. The lowest BCUT2D eigenvalue weighted by molar-refractivity contribution is 0.241. The third-order valence-corrected chi connectivity index (χ3v) is 5.11. The summed E-state index contributed by atoms with van der Waals surface area (Å²) in [6.07, 6.45) is 0. The summed E-state index contributed by atoms with van der Waals surface area (Å²) >= 11 is 17.6. The van der Waals surface area contributed by atoms with E-state index in [-0.39, 0.29) is 6.61 Å². The molecule has 27 heavy (non-hydrogen) atoms. The van der Waals surface area contributed by atoms with Gasteiger partial charge in [-0.15, -0.1) is 0 Å². The van der Waals surface area contributed by atoms with Crippen molar-refractivity contribution in [1.29, 1.82) is 0 Å². The Morgan fingerprint density at radius 1 is 1.11 bits per heavy atom. The van der Waals surface area contributed by atoms with Crippen LogP contribution in [0.2, 0.25) is 10.0 Å². The van der Waals surface area contributed by atoms with Crippen molar-refractivity contribution in [2.45, 2.75) is 19.8 Å². The van der Waals surface area contributed by atoms with Crippen LogP contribution in [0.25, 0.3) is 0 Å². The molecule has 0 N–H and O–H groups in total. The molecule has 0 fully saturated rings. The largest absolute Gasteiger partial charge is 0.484 e. The van der Waals surface area contributed by atoms with Crippen molar-refractivity contribution in [2.75, 3.05) is 7.05 Å². The van der Waals surface area contributed by atoms with E-state index in [0.29, 0.717) is 22.2 Å². The first-order chi connectivity index (χ1) is 12.9. The zero-order chi connectivity index (χ0) is 19.4. The Balaban J connectivity index is 1.66. The van der Waals surface area contributed by atoms with Gasteiger partial charge in [-0.2, -0.15) is 5.10 Å². The lowest BCUT2D eigenvalue weighted by Crippen LogP contribution is -2.22. The van der Waals surface area contributed by atoms with Gasteiger partial charge >= 0.3 is 0 Å². The first-order valence-electron chi connectivity index (χ1n) is 8.37. The number of nitrogens with zero attached hydrogens (tertiary/aromatic N) is 4. The van der Waals surface area contributed by atoms with E-state index in [4.69, 9.17) is 40.2 Å². The topological polar surface area (TPSA) is 35.2 Å². The van der Waals surface area contributed by atoms with Crippen LogP contribution in [0.4, 0.5) is 0 Å². The SMILES string of the molecule is CN(Cc1ccc(Cl)cc1)Cn1nc(COc2ccccc2Cl)n(C)c1=S. The van der Waals surface area contributed by atoms with Gasteiger partial charge in [0.1, 0.15) is 12.4 Å². The first kappa shape index (κ1) is 19.9. The van der Waals surface area contributed by atoms with Crippen LogP contribution >= 0.6 is 35.4 Å². The summed E-state index contributed by atoms with van der Waals surface area (Å²) in [5.41, 5.74) is 1.17.